The Balaban J connectivity index is 1.73. The fourth-order valence-corrected chi connectivity index (χ4v) is 2.89. The summed E-state index contributed by atoms with van der Waals surface area (Å²) in [4.78, 5) is 29.0. The molecule has 136 valence electrons. The molecule has 2 amide bonds. The third-order valence-corrected chi connectivity index (χ3v) is 4.09. The third-order valence-electron chi connectivity index (χ3n) is 4.09. The van der Waals surface area contributed by atoms with Gasteiger partial charge in [-0.05, 0) is 17.7 Å². The van der Waals surface area contributed by atoms with E-state index in [0.29, 0.717) is 16.3 Å². The van der Waals surface area contributed by atoms with Crippen molar-refractivity contribution in [3.05, 3.63) is 48.7 Å². The van der Waals surface area contributed by atoms with E-state index < -0.39 is 30.5 Å². The molecule has 1 N–H and O–H groups in total. The van der Waals surface area contributed by atoms with E-state index in [4.69, 9.17) is 0 Å². The van der Waals surface area contributed by atoms with Crippen molar-refractivity contribution in [2.75, 3.05) is 18.4 Å². The van der Waals surface area contributed by atoms with E-state index in [1.807, 2.05) is 30.3 Å². The molecule has 3 rings (SSSR count). The molecule has 26 heavy (non-hydrogen) atoms. The highest BCUT2D eigenvalue weighted by molar-refractivity contribution is 5.99. The minimum atomic E-state index is -4.48. The van der Waals surface area contributed by atoms with Crippen LogP contribution in [-0.2, 0) is 9.59 Å². The molecule has 2 aromatic rings. The molecule has 1 atom stereocenters. The monoisotopic (exact) mass is 363 g/mol. The van der Waals surface area contributed by atoms with Crippen molar-refractivity contribution in [1.82, 2.24) is 9.88 Å². The van der Waals surface area contributed by atoms with Crippen LogP contribution in [0.2, 0.25) is 0 Å². The molecule has 1 aliphatic heterocycles. The van der Waals surface area contributed by atoms with E-state index in [0.717, 1.165) is 5.56 Å². The molecule has 0 aliphatic carbocycles. The SMILES string of the molecule is O=C(Nc1ncccc1-c1ccccc1)C1CC(=O)N(CC(F)(F)F)C1. The molecule has 1 aromatic heterocycles. The van der Waals surface area contributed by atoms with Crippen molar-refractivity contribution in [2.45, 2.75) is 12.6 Å². The van der Waals surface area contributed by atoms with Gasteiger partial charge in [0.1, 0.15) is 12.4 Å². The lowest BCUT2D eigenvalue weighted by molar-refractivity contribution is -0.157. The first-order valence-corrected chi connectivity index (χ1v) is 7.99. The fourth-order valence-electron chi connectivity index (χ4n) is 2.89. The second kappa shape index (κ2) is 7.15. The number of carbonyl (C=O) groups is 2. The van der Waals surface area contributed by atoms with Crippen LogP contribution in [0.1, 0.15) is 6.42 Å². The van der Waals surface area contributed by atoms with Gasteiger partial charge in [0.15, 0.2) is 0 Å². The maximum Gasteiger partial charge on any atom is 0.406 e. The van der Waals surface area contributed by atoms with Gasteiger partial charge in [0.25, 0.3) is 0 Å². The second-order valence-electron chi connectivity index (χ2n) is 6.05. The zero-order valence-electron chi connectivity index (χ0n) is 13.7. The summed E-state index contributed by atoms with van der Waals surface area (Å²) in [5.41, 5.74) is 1.54. The topological polar surface area (TPSA) is 62.3 Å². The van der Waals surface area contributed by atoms with Gasteiger partial charge in [-0.1, -0.05) is 30.3 Å². The number of anilines is 1. The second-order valence-corrected chi connectivity index (χ2v) is 6.05. The molecule has 0 radical (unpaired) electrons. The zero-order chi connectivity index (χ0) is 18.7. The van der Waals surface area contributed by atoms with Gasteiger partial charge < -0.3 is 10.2 Å². The number of nitrogens with one attached hydrogen (secondary N) is 1. The first-order valence-electron chi connectivity index (χ1n) is 7.99. The van der Waals surface area contributed by atoms with E-state index in [1.54, 1.807) is 12.1 Å². The van der Waals surface area contributed by atoms with E-state index in [1.165, 1.54) is 6.20 Å². The van der Waals surface area contributed by atoms with Crippen molar-refractivity contribution in [1.29, 1.82) is 0 Å². The Morgan fingerprint density at radius 2 is 1.92 bits per heavy atom. The minimum Gasteiger partial charge on any atom is -0.333 e. The number of amides is 2. The number of carbonyl (C=O) groups excluding carboxylic acids is 2. The maximum absolute atomic E-state index is 12.5. The van der Waals surface area contributed by atoms with Gasteiger partial charge in [0.05, 0.1) is 5.92 Å². The first kappa shape index (κ1) is 17.9. The van der Waals surface area contributed by atoms with Gasteiger partial charge >= 0.3 is 6.18 Å². The van der Waals surface area contributed by atoms with Gasteiger partial charge in [-0.15, -0.1) is 0 Å². The van der Waals surface area contributed by atoms with Gasteiger partial charge in [0.2, 0.25) is 11.8 Å². The van der Waals surface area contributed by atoms with E-state index in [-0.39, 0.29) is 13.0 Å². The Hall–Kier alpha value is -2.90. The van der Waals surface area contributed by atoms with Crippen LogP contribution < -0.4 is 5.32 Å². The predicted octanol–water partition coefficient (Wildman–Crippen LogP) is 3.10. The Kier molecular flexibility index (Phi) is 4.92. The van der Waals surface area contributed by atoms with Crippen LogP contribution >= 0.6 is 0 Å². The Bertz CT molecular complexity index is 809. The normalized spacial score (nSPS) is 17.4. The average Bonchev–Trinajstić information content (AvgIpc) is 2.95. The van der Waals surface area contributed by atoms with Crippen LogP contribution in [0.4, 0.5) is 19.0 Å². The number of hydrogen-bond acceptors (Lipinski definition) is 3. The fraction of sp³-hybridized carbons (Fsp3) is 0.278. The lowest BCUT2D eigenvalue weighted by Crippen LogP contribution is -2.36. The molecular weight excluding hydrogens is 347 g/mol. The Labute approximate surface area is 147 Å². The Morgan fingerprint density at radius 3 is 2.62 bits per heavy atom. The summed E-state index contributed by atoms with van der Waals surface area (Å²) in [6.45, 7) is -1.59. The number of benzene rings is 1. The van der Waals surface area contributed by atoms with Crippen LogP contribution in [0.3, 0.4) is 0 Å². The first-order chi connectivity index (χ1) is 12.3. The van der Waals surface area contributed by atoms with E-state index in [9.17, 15) is 22.8 Å². The Morgan fingerprint density at radius 1 is 1.19 bits per heavy atom. The highest BCUT2D eigenvalue weighted by Gasteiger charge is 2.40. The highest BCUT2D eigenvalue weighted by Crippen LogP contribution is 2.28. The van der Waals surface area contributed by atoms with Crippen molar-refractivity contribution in [3.63, 3.8) is 0 Å². The summed E-state index contributed by atoms with van der Waals surface area (Å²) < 4.78 is 37.5. The van der Waals surface area contributed by atoms with Gasteiger partial charge in [-0.2, -0.15) is 13.2 Å². The van der Waals surface area contributed by atoms with E-state index >= 15 is 0 Å². The molecule has 5 nitrogen and oxygen atoms in total. The van der Waals surface area contributed by atoms with Crippen molar-refractivity contribution in [3.8, 4) is 11.1 Å². The van der Waals surface area contributed by atoms with Gasteiger partial charge in [-0.25, -0.2) is 4.98 Å². The molecule has 1 aliphatic rings. The molecule has 1 saturated heterocycles. The quantitative estimate of drug-likeness (QED) is 0.908. The van der Waals surface area contributed by atoms with Crippen LogP contribution in [0.25, 0.3) is 11.1 Å². The summed E-state index contributed by atoms with van der Waals surface area (Å²) in [6, 6.07) is 12.8. The molecule has 1 fully saturated rings. The molecular formula is C18H16F3N3O2. The number of likely N-dealkylation sites (tertiary alicyclic amines) is 1. The van der Waals surface area contributed by atoms with E-state index in [2.05, 4.69) is 10.3 Å². The summed E-state index contributed by atoms with van der Waals surface area (Å²) >= 11 is 0. The van der Waals surface area contributed by atoms with Crippen molar-refractivity contribution in [2.24, 2.45) is 5.92 Å². The molecule has 2 heterocycles. The summed E-state index contributed by atoms with van der Waals surface area (Å²) in [6.07, 6.45) is -3.21. The largest absolute Gasteiger partial charge is 0.406 e. The summed E-state index contributed by atoms with van der Waals surface area (Å²) in [5.74, 6) is -1.72. The maximum atomic E-state index is 12.5. The van der Waals surface area contributed by atoms with Crippen LogP contribution in [0.15, 0.2) is 48.7 Å². The summed E-state index contributed by atoms with van der Waals surface area (Å²) in [5, 5.41) is 2.64. The van der Waals surface area contributed by atoms with Gasteiger partial charge in [0, 0.05) is 24.7 Å². The van der Waals surface area contributed by atoms with Crippen LogP contribution in [-0.4, -0.2) is 41.0 Å². The van der Waals surface area contributed by atoms with Gasteiger partial charge in [-0.3, -0.25) is 9.59 Å². The number of rotatable bonds is 4. The van der Waals surface area contributed by atoms with Crippen LogP contribution in [0, 0.1) is 5.92 Å². The molecule has 8 heteroatoms. The lowest BCUT2D eigenvalue weighted by Gasteiger charge is -2.18. The number of pyridine rings is 1. The smallest absolute Gasteiger partial charge is 0.333 e. The lowest BCUT2D eigenvalue weighted by atomic mass is 10.1. The van der Waals surface area contributed by atoms with Crippen molar-refractivity contribution < 1.29 is 22.8 Å². The molecule has 0 bridgehead atoms. The third kappa shape index (κ3) is 4.19. The highest BCUT2D eigenvalue weighted by atomic mass is 19.4. The summed E-state index contributed by atoms with van der Waals surface area (Å²) in [7, 11) is 0. The molecule has 0 spiro atoms. The molecule has 1 unspecified atom stereocenters. The average molecular weight is 363 g/mol. The number of nitrogens with zero attached hydrogens (tertiary/aromatic N) is 2. The molecule has 0 saturated carbocycles. The van der Waals surface area contributed by atoms with Crippen LogP contribution in [0.5, 0.6) is 0 Å². The standard InChI is InChI=1S/C18H16F3N3O2/c19-18(20,21)11-24-10-13(9-15(24)25)17(26)23-16-14(7-4-8-22-16)12-5-2-1-3-6-12/h1-8,13H,9-11H2,(H,22,23,26). The van der Waals surface area contributed by atoms with Crippen molar-refractivity contribution >= 4 is 17.6 Å². The molecule has 1 aromatic carbocycles. The number of alkyl halides is 3. The minimum absolute atomic E-state index is 0.241. The predicted molar refractivity (Wildman–Crippen MR) is 89.0 cm³/mol. The number of aromatic nitrogens is 1. The number of halogens is 3. The zero-order valence-corrected chi connectivity index (χ0v) is 13.7. The number of hydrogen-bond donors (Lipinski definition) is 1.